The van der Waals surface area contributed by atoms with Crippen LogP contribution in [0.2, 0.25) is 5.02 Å². The summed E-state index contributed by atoms with van der Waals surface area (Å²) < 4.78 is 5.60. The summed E-state index contributed by atoms with van der Waals surface area (Å²) in [5.41, 5.74) is 1.30. The van der Waals surface area contributed by atoms with E-state index in [0.29, 0.717) is 12.1 Å². The highest BCUT2D eigenvalue weighted by Gasteiger charge is 2.17. The van der Waals surface area contributed by atoms with Crippen LogP contribution >= 0.6 is 24.0 Å². The average molecular weight is 262 g/mol. The van der Waals surface area contributed by atoms with Gasteiger partial charge in [-0.3, -0.25) is 0 Å². The molecule has 0 aromatic heterocycles. The Morgan fingerprint density at radius 1 is 1.38 bits per heavy atom. The van der Waals surface area contributed by atoms with Crippen LogP contribution in [0.15, 0.2) is 24.3 Å². The molecule has 1 aliphatic rings. The summed E-state index contributed by atoms with van der Waals surface area (Å²) in [6, 6.07) is 8.44. The topological polar surface area (TPSA) is 21.3 Å². The van der Waals surface area contributed by atoms with Crippen molar-refractivity contribution < 1.29 is 4.74 Å². The van der Waals surface area contributed by atoms with Crippen LogP contribution in [0.1, 0.15) is 12.5 Å². The number of hydrogen-bond donors (Lipinski definition) is 1. The van der Waals surface area contributed by atoms with E-state index in [-0.39, 0.29) is 12.4 Å². The van der Waals surface area contributed by atoms with Crippen LogP contribution in [-0.4, -0.2) is 25.3 Å². The van der Waals surface area contributed by atoms with Crippen molar-refractivity contribution in [2.24, 2.45) is 0 Å². The van der Waals surface area contributed by atoms with E-state index < -0.39 is 0 Å². The molecule has 2 nitrogen and oxygen atoms in total. The van der Waals surface area contributed by atoms with Crippen molar-refractivity contribution in [1.82, 2.24) is 5.32 Å². The van der Waals surface area contributed by atoms with E-state index >= 15 is 0 Å². The van der Waals surface area contributed by atoms with Gasteiger partial charge < -0.3 is 10.1 Å². The molecule has 0 radical (unpaired) electrons. The molecule has 0 spiro atoms. The molecule has 2 atom stereocenters. The first-order valence-corrected chi connectivity index (χ1v) is 5.71. The Kier molecular flexibility index (Phi) is 5.56. The van der Waals surface area contributed by atoms with Crippen LogP contribution in [0.3, 0.4) is 0 Å². The fourth-order valence-corrected chi connectivity index (χ4v) is 1.89. The molecule has 1 heterocycles. The average Bonchev–Trinajstić information content (AvgIpc) is 2.25. The lowest BCUT2D eigenvalue weighted by Gasteiger charge is -2.28. The molecule has 0 amide bonds. The Balaban J connectivity index is 0.00000128. The molecular weight excluding hydrogens is 245 g/mol. The first-order valence-electron chi connectivity index (χ1n) is 5.33. The molecule has 4 heteroatoms. The molecule has 2 rings (SSSR count). The van der Waals surface area contributed by atoms with Crippen LogP contribution < -0.4 is 5.32 Å². The Labute approximate surface area is 108 Å². The minimum Gasteiger partial charge on any atom is -0.376 e. The fourth-order valence-electron chi connectivity index (χ4n) is 1.77. The molecule has 1 N–H and O–H groups in total. The van der Waals surface area contributed by atoms with Gasteiger partial charge in [-0.2, -0.15) is 0 Å². The van der Waals surface area contributed by atoms with Gasteiger partial charge in [-0.1, -0.05) is 23.7 Å². The Morgan fingerprint density at radius 2 is 2.06 bits per heavy atom. The van der Waals surface area contributed by atoms with Crippen molar-refractivity contribution in [2.75, 3.05) is 13.2 Å². The van der Waals surface area contributed by atoms with Crippen LogP contribution in [0.25, 0.3) is 0 Å². The predicted molar refractivity (Wildman–Crippen MR) is 69.6 cm³/mol. The van der Waals surface area contributed by atoms with Gasteiger partial charge in [0.15, 0.2) is 0 Å². The zero-order chi connectivity index (χ0) is 10.7. The summed E-state index contributed by atoms with van der Waals surface area (Å²) >= 11 is 5.83. The number of morpholine rings is 1. The highest BCUT2D eigenvalue weighted by atomic mass is 35.5. The van der Waals surface area contributed by atoms with Gasteiger partial charge in [0.1, 0.15) is 0 Å². The molecular formula is C12H17Cl2NO. The Hall–Kier alpha value is -0.280. The summed E-state index contributed by atoms with van der Waals surface area (Å²) in [7, 11) is 0. The standard InChI is InChI=1S/C12H16ClNO.ClH/c1-9-7-14-12(8-15-9)6-10-2-4-11(13)5-3-10;/h2-5,9,12,14H,6-8H2,1H3;1H/t9-,12-;/m1./s1. The molecule has 0 unspecified atom stereocenters. The minimum atomic E-state index is 0. The van der Waals surface area contributed by atoms with Gasteiger partial charge >= 0.3 is 0 Å². The van der Waals surface area contributed by atoms with Gasteiger partial charge in [0.25, 0.3) is 0 Å². The highest BCUT2D eigenvalue weighted by Crippen LogP contribution is 2.12. The number of rotatable bonds is 2. The monoisotopic (exact) mass is 261 g/mol. The van der Waals surface area contributed by atoms with Gasteiger partial charge in [0, 0.05) is 17.6 Å². The van der Waals surface area contributed by atoms with E-state index in [1.54, 1.807) is 0 Å². The molecule has 1 aliphatic heterocycles. The second-order valence-corrected chi connectivity index (χ2v) is 4.52. The van der Waals surface area contributed by atoms with Crippen molar-refractivity contribution in [3.05, 3.63) is 34.9 Å². The van der Waals surface area contributed by atoms with E-state index in [2.05, 4.69) is 24.4 Å². The predicted octanol–water partition coefficient (Wildman–Crippen LogP) is 2.68. The highest BCUT2D eigenvalue weighted by molar-refractivity contribution is 6.30. The molecule has 0 aliphatic carbocycles. The van der Waals surface area contributed by atoms with Crippen molar-refractivity contribution >= 4 is 24.0 Å². The maximum absolute atomic E-state index is 5.83. The lowest BCUT2D eigenvalue weighted by Crippen LogP contribution is -2.46. The number of benzene rings is 1. The van der Waals surface area contributed by atoms with Crippen LogP contribution in [0.5, 0.6) is 0 Å². The number of hydrogen-bond acceptors (Lipinski definition) is 2. The SMILES string of the molecule is C[C@@H]1CN[C@H](Cc2ccc(Cl)cc2)CO1.Cl. The van der Waals surface area contributed by atoms with Gasteiger partial charge in [-0.15, -0.1) is 12.4 Å². The normalized spacial score (nSPS) is 24.9. The van der Waals surface area contributed by atoms with E-state index in [1.165, 1.54) is 5.56 Å². The zero-order valence-electron chi connectivity index (χ0n) is 9.28. The lowest BCUT2D eigenvalue weighted by molar-refractivity contribution is 0.0155. The fraction of sp³-hybridized carbons (Fsp3) is 0.500. The second kappa shape index (κ2) is 6.45. The smallest absolute Gasteiger partial charge is 0.0672 e. The van der Waals surface area contributed by atoms with E-state index in [1.807, 2.05) is 12.1 Å². The van der Waals surface area contributed by atoms with Crippen molar-refractivity contribution in [2.45, 2.75) is 25.5 Å². The minimum absolute atomic E-state index is 0. The second-order valence-electron chi connectivity index (χ2n) is 4.08. The third-order valence-corrected chi connectivity index (χ3v) is 2.92. The Bertz CT molecular complexity index is 307. The number of ether oxygens (including phenoxy) is 1. The molecule has 1 aromatic carbocycles. The summed E-state index contributed by atoms with van der Waals surface area (Å²) in [5.74, 6) is 0. The van der Waals surface area contributed by atoms with Crippen molar-refractivity contribution in [3.63, 3.8) is 0 Å². The maximum atomic E-state index is 5.83. The summed E-state index contributed by atoms with van der Waals surface area (Å²) in [6.45, 7) is 3.83. The van der Waals surface area contributed by atoms with Crippen LogP contribution in [0, 0.1) is 0 Å². The summed E-state index contributed by atoms with van der Waals surface area (Å²) in [4.78, 5) is 0. The molecule has 1 aromatic rings. The first kappa shape index (κ1) is 13.8. The molecule has 90 valence electrons. The third kappa shape index (κ3) is 3.95. The van der Waals surface area contributed by atoms with Gasteiger partial charge in [0.2, 0.25) is 0 Å². The molecule has 1 fully saturated rings. The number of halogens is 2. The van der Waals surface area contributed by atoms with Crippen molar-refractivity contribution in [3.8, 4) is 0 Å². The third-order valence-electron chi connectivity index (χ3n) is 2.67. The lowest BCUT2D eigenvalue weighted by atomic mass is 10.1. The Morgan fingerprint density at radius 3 is 2.62 bits per heavy atom. The van der Waals surface area contributed by atoms with Gasteiger partial charge in [0.05, 0.1) is 12.7 Å². The van der Waals surface area contributed by atoms with Crippen LogP contribution in [0.4, 0.5) is 0 Å². The van der Waals surface area contributed by atoms with Crippen molar-refractivity contribution in [1.29, 1.82) is 0 Å². The molecule has 0 saturated carbocycles. The quantitative estimate of drug-likeness (QED) is 0.884. The first-order chi connectivity index (χ1) is 7.24. The van der Waals surface area contributed by atoms with E-state index in [4.69, 9.17) is 16.3 Å². The molecule has 1 saturated heterocycles. The van der Waals surface area contributed by atoms with Gasteiger partial charge in [-0.05, 0) is 31.0 Å². The van der Waals surface area contributed by atoms with E-state index in [9.17, 15) is 0 Å². The molecule has 0 bridgehead atoms. The van der Waals surface area contributed by atoms with E-state index in [0.717, 1.165) is 24.6 Å². The zero-order valence-corrected chi connectivity index (χ0v) is 10.9. The maximum Gasteiger partial charge on any atom is 0.0672 e. The van der Waals surface area contributed by atoms with Crippen LogP contribution in [-0.2, 0) is 11.2 Å². The van der Waals surface area contributed by atoms with Gasteiger partial charge in [-0.25, -0.2) is 0 Å². The number of nitrogens with one attached hydrogen (secondary N) is 1. The summed E-state index contributed by atoms with van der Waals surface area (Å²) in [5, 5.41) is 4.27. The summed E-state index contributed by atoms with van der Waals surface area (Å²) in [6.07, 6.45) is 1.34. The molecule has 16 heavy (non-hydrogen) atoms. The largest absolute Gasteiger partial charge is 0.376 e.